The normalized spacial score (nSPS) is 16.9. The molecule has 8 nitrogen and oxygen atoms in total. The average molecular weight is 402 g/mol. The van der Waals surface area contributed by atoms with Gasteiger partial charge in [-0.2, -0.15) is 5.10 Å². The van der Waals surface area contributed by atoms with Crippen molar-refractivity contribution < 1.29 is 4.74 Å². The van der Waals surface area contributed by atoms with Gasteiger partial charge in [-0.3, -0.25) is 9.48 Å². The molecular formula is C22H22N6O2. The number of aromatic nitrogens is 6. The van der Waals surface area contributed by atoms with E-state index in [1.165, 1.54) is 18.4 Å². The molecular weight excluding hydrogens is 380 g/mol. The van der Waals surface area contributed by atoms with Crippen molar-refractivity contribution in [3.8, 4) is 17.2 Å². The van der Waals surface area contributed by atoms with Crippen LogP contribution in [0.15, 0.2) is 35.4 Å². The predicted octanol–water partition coefficient (Wildman–Crippen LogP) is 3.04. The Kier molecular flexibility index (Phi) is 3.73. The van der Waals surface area contributed by atoms with Crippen LogP contribution in [0.1, 0.15) is 41.5 Å². The van der Waals surface area contributed by atoms with E-state index in [0.29, 0.717) is 41.7 Å². The van der Waals surface area contributed by atoms with Crippen LogP contribution >= 0.6 is 0 Å². The predicted molar refractivity (Wildman–Crippen MR) is 112 cm³/mol. The molecule has 0 bridgehead atoms. The van der Waals surface area contributed by atoms with Gasteiger partial charge >= 0.3 is 0 Å². The molecule has 2 fully saturated rings. The number of nitrogens with zero attached hydrogens (tertiary/aromatic N) is 5. The van der Waals surface area contributed by atoms with E-state index < -0.39 is 0 Å². The maximum absolute atomic E-state index is 12.7. The molecule has 0 spiro atoms. The Hall–Kier alpha value is -3.26. The minimum absolute atomic E-state index is 0.215. The van der Waals surface area contributed by atoms with E-state index in [0.717, 1.165) is 16.8 Å². The van der Waals surface area contributed by atoms with Crippen molar-refractivity contribution in [2.75, 3.05) is 13.2 Å². The van der Waals surface area contributed by atoms with Gasteiger partial charge in [0.1, 0.15) is 11.1 Å². The molecule has 4 heterocycles. The van der Waals surface area contributed by atoms with E-state index in [-0.39, 0.29) is 11.6 Å². The topological polar surface area (TPSA) is 90.6 Å². The third-order valence-electron chi connectivity index (χ3n) is 6.03. The Morgan fingerprint density at radius 3 is 2.57 bits per heavy atom. The number of nitrogens with one attached hydrogen (secondary N) is 1. The van der Waals surface area contributed by atoms with Crippen molar-refractivity contribution in [3.63, 3.8) is 0 Å². The lowest BCUT2D eigenvalue weighted by Crippen LogP contribution is -2.30. The number of H-pyrrole nitrogens is 1. The van der Waals surface area contributed by atoms with Crippen molar-refractivity contribution in [1.82, 2.24) is 29.5 Å². The molecule has 3 aromatic heterocycles. The second kappa shape index (κ2) is 6.37. The molecule has 1 aliphatic heterocycles. The monoisotopic (exact) mass is 402 g/mol. The van der Waals surface area contributed by atoms with Crippen molar-refractivity contribution in [2.24, 2.45) is 0 Å². The first kappa shape index (κ1) is 17.6. The van der Waals surface area contributed by atoms with Crippen LogP contribution in [-0.4, -0.2) is 42.7 Å². The largest absolute Gasteiger partial charge is 0.377 e. The van der Waals surface area contributed by atoms with E-state index >= 15 is 0 Å². The lowest BCUT2D eigenvalue weighted by Gasteiger charge is -2.25. The fourth-order valence-electron chi connectivity index (χ4n) is 4.20. The Bertz CT molecular complexity index is 1320. The second-order valence-corrected chi connectivity index (χ2v) is 8.38. The zero-order valence-corrected chi connectivity index (χ0v) is 16.9. The number of aryl methyl sites for hydroxylation is 2. The zero-order valence-electron chi connectivity index (χ0n) is 16.9. The van der Waals surface area contributed by atoms with Crippen LogP contribution in [-0.2, 0) is 4.74 Å². The number of hydrogen-bond acceptors (Lipinski definition) is 5. The summed E-state index contributed by atoms with van der Waals surface area (Å²) in [5.41, 5.74) is 5.54. The van der Waals surface area contributed by atoms with Crippen molar-refractivity contribution in [2.45, 2.75) is 38.6 Å². The standard InChI is InChI=1S/C22H22N6O2/c1-12-7-15(14-3-4-14)8-13(2)19(12)28-9-17-20(26-28)23-21(24-22(17)29)18-5-6-27(25-18)16-10-30-11-16/h5-9,14,16H,3-4,10-11H2,1-2H3,(H,23,24,26,29). The molecule has 1 saturated heterocycles. The van der Waals surface area contributed by atoms with Crippen molar-refractivity contribution >= 4 is 11.0 Å². The smallest absolute Gasteiger partial charge is 0.262 e. The molecule has 1 aliphatic carbocycles. The third-order valence-corrected chi connectivity index (χ3v) is 6.03. The molecule has 8 heteroatoms. The van der Waals surface area contributed by atoms with Gasteiger partial charge in [-0.25, -0.2) is 9.67 Å². The Morgan fingerprint density at radius 2 is 1.90 bits per heavy atom. The number of hydrogen-bond donors (Lipinski definition) is 1. The number of ether oxygens (including phenoxy) is 1. The molecule has 152 valence electrons. The van der Waals surface area contributed by atoms with Gasteiger partial charge in [-0.1, -0.05) is 12.1 Å². The lowest BCUT2D eigenvalue weighted by atomic mass is 10.0. The first-order valence-corrected chi connectivity index (χ1v) is 10.3. The molecule has 1 aromatic carbocycles. The Labute approximate surface area is 172 Å². The first-order valence-electron chi connectivity index (χ1n) is 10.3. The highest BCUT2D eigenvalue weighted by molar-refractivity contribution is 5.75. The van der Waals surface area contributed by atoms with E-state index in [2.05, 4.69) is 46.1 Å². The van der Waals surface area contributed by atoms with Crippen molar-refractivity contribution in [1.29, 1.82) is 0 Å². The average Bonchev–Trinajstić information content (AvgIpc) is 3.26. The summed E-state index contributed by atoms with van der Waals surface area (Å²) in [4.78, 5) is 20.2. The number of rotatable bonds is 4. The van der Waals surface area contributed by atoms with Gasteiger partial charge in [0.2, 0.25) is 0 Å². The zero-order chi connectivity index (χ0) is 20.4. The highest BCUT2D eigenvalue weighted by atomic mass is 16.5. The van der Waals surface area contributed by atoms with Gasteiger partial charge in [0.05, 0.1) is 24.9 Å². The summed E-state index contributed by atoms with van der Waals surface area (Å²) in [5, 5.41) is 9.66. The van der Waals surface area contributed by atoms with E-state index in [9.17, 15) is 4.79 Å². The third kappa shape index (κ3) is 2.79. The summed E-state index contributed by atoms with van der Waals surface area (Å²) in [6.07, 6.45) is 6.20. The summed E-state index contributed by atoms with van der Waals surface area (Å²) < 4.78 is 8.86. The van der Waals surface area contributed by atoms with Gasteiger partial charge in [0.25, 0.3) is 5.56 Å². The number of fused-ring (bicyclic) bond motifs is 1. The second-order valence-electron chi connectivity index (χ2n) is 8.38. The quantitative estimate of drug-likeness (QED) is 0.567. The molecule has 0 radical (unpaired) electrons. The van der Waals surface area contributed by atoms with Gasteiger partial charge in [0.15, 0.2) is 11.5 Å². The molecule has 1 N–H and O–H groups in total. The fraction of sp³-hybridized carbons (Fsp3) is 0.364. The van der Waals surface area contributed by atoms with Crippen LogP contribution in [0.3, 0.4) is 0 Å². The van der Waals surface area contributed by atoms with Crippen LogP contribution < -0.4 is 5.56 Å². The Morgan fingerprint density at radius 1 is 1.13 bits per heavy atom. The first-order chi connectivity index (χ1) is 14.6. The van der Waals surface area contributed by atoms with Gasteiger partial charge in [0, 0.05) is 12.4 Å². The maximum atomic E-state index is 12.7. The fourth-order valence-corrected chi connectivity index (χ4v) is 4.20. The number of benzene rings is 1. The molecule has 4 aromatic rings. The van der Waals surface area contributed by atoms with Gasteiger partial charge in [-0.05, 0) is 55.4 Å². The highest BCUT2D eigenvalue weighted by Crippen LogP contribution is 2.41. The van der Waals surface area contributed by atoms with E-state index in [4.69, 9.17) is 4.74 Å². The molecule has 1 saturated carbocycles. The summed E-state index contributed by atoms with van der Waals surface area (Å²) >= 11 is 0. The molecule has 6 rings (SSSR count). The minimum atomic E-state index is -0.215. The summed E-state index contributed by atoms with van der Waals surface area (Å²) in [7, 11) is 0. The van der Waals surface area contributed by atoms with Crippen LogP contribution in [0.2, 0.25) is 0 Å². The molecule has 2 aliphatic rings. The maximum Gasteiger partial charge on any atom is 0.262 e. The minimum Gasteiger partial charge on any atom is -0.377 e. The van der Waals surface area contributed by atoms with Crippen LogP contribution in [0.4, 0.5) is 0 Å². The summed E-state index contributed by atoms with van der Waals surface area (Å²) in [6.45, 7) is 5.51. The summed E-state index contributed by atoms with van der Waals surface area (Å²) in [5.74, 6) is 1.13. The SMILES string of the molecule is Cc1cc(C2CC2)cc(C)c1-n1cc2c(=O)[nH]c(-c3ccn(C4COC4)n3)nc2n1. The van der Waals surface area contributed by atoms with Crippen LogP contribution in [0.5, 0.6) is 0 Å². The van der Waals surface area contributed by atoms with Gasteiger partial charge in [-0.15, -0.1) is 5.10 Å². The molecule has 0 amide bonds. The van der Waals surface area contributed by atoms with Gasteiger partial charge < -0.3 is 9.72 Å². The highest BCUT2D eigenvalue weighted by Gasteiger charge is 2.25. The lowest BCUT2D eigenvalue weighted by molar-refractivity contribution is -0.0285. The number of aromatic amines is 1. The van der Waals surface area contributed by atoms with Crippen molar-refractivity contribution in [3.05, 3.63) is 57.6 Å². The van der Waals surface area contributed by atoms with Crippen LogP contribution in [0, 0.1) is 13.8 Å². The van der Waals surface area contributed by atoms with E-state index in [1.807, 2.05) is 16.9 Å². The van der Waals surface area contributed by atoms with Crippen LogP contribution in [0.25, 0.3) is 28.2 Å². The molecule has 0 unspecified atom stereocenters. The summed E-state index contributed by atoms with van der Waals surface area (Å²) in [6, 6.07) is 6.58. The van der Waals surface area contributed by atoms with E-state index in [1.54, 1.807) is 10.9 Å². The Balaban J connectivity index is 1.42. The molecule has 0 atom stereocenters. The molecule has 30 heavy (non-hydrogen) atoms.